The van der Waals surface area contributed by atoms with Crippen molar-refractivity contribution in [2.45, 2.75) is 12.7 Å². The molecule has 0 aliphatic heterocycles. The lowest BCUT2D eigenvalue weighted by Gasteiger charge is -2.09. The molecule has 150 valence electrons. The van der Waals surface area contributed by atoms with Crippen molar-refractivity contribution in [3.05, 3.63) is 58.8 Å². The van der Waals surface area contributed by atoms with Crippen LogP contribution in [0.25, 0.3) is 22.6 Å². The zero-order valence-electron chi connectivity index (χ0n) is 15.4. The van der Waals surface area contributed by atoms with Gasteiger partial charge in [0.2, 0.25) is 10.9 Å². The topological polar surface area (TPSA) is 77.3 Å². The number of nitrogens with zero attached hydrogens (tertiary/aromatic N) is 6. The highest BCUT2D eigenvalue weighted by Crippen LogP contribution is 2.31. The number of imidazole rings is 2. The van der Waals surface area contributed by atoms with Gasteiger partial charge in [-0.25, -0.2) is 9.97 Å². The van der Waals surface area contributed by atoms with Gasteiger partial charge in [-0.2, -0.15) is 18.2 Å². The SMILES string of the molecule is Cn1c(C(F)(F)F)cnc1-c1ccc(Cn2c(=N)n(C)c3cnc(Cl)nc32)cc1. The molecule has 0 spiro atoms. The molecule has 1 aromatic carbocycles. The minimum absolute atomic E-state index is 0.0856. The maximum atomic E-state index is 13.0. The lowest BCUT2D eigenvalue weighted by atomic mass is 10.1. The number of hydrogen-bond donors (Lipinski definition) is 1. The van der Waals surface area contributed by atoms with Crippen molar-refractivity contribution in [1.29, 1.82) is 5.41 Å². The van der Waals surface area contributed by atoms with Crippen molar-refractivity contribution in [3.63, 3.8) is 0 Å². The van der Waals surface area contributed by atoms with Crippen LogP contribution in [0.2, 0.25) is 5.28 Å². The third-order valence-corrected chi connectivity index (χ3v) is 4.92. The van der Waals surface area contributed by atoms with Gasteiger partial charge in [0.1, 0.15) is 17.0 Å². The number of hydrogen-bond acceptors (Lipinski definition) is 4. The number of alkyl halides is 3. The molecule has 29 heavy (non-hydrogen) atoms. The van der Waals surface area contributed by atoms with Crippen LogP contribution < -0.4 is 5.62 Å². The molecule has 0 amide bonds. The van der Waals surface area contributed by atoms with Crippen molar-refractivity contribution < 1.29 is 13.2 Å². The van der Waals surface area contributed by atoms with Gasteiger partial charge in [-0.15, -0.1) is 0 Å². The third kappa shape index (κ3) is 3.29. The van der Waals surface area contributed by atoms with Gasteiger partial charge in [-0.3, -0.25) is 9.98 Å². The smallest absolute Gasteiger partial charge is 0.324 e. The quantitative estimate of drug-likeness (QED) is 0.515. The van der Waals surface area contributed by atoms with Gasteiger partial charge in [0.25, 0.3) is 0 Å². The standard InChI is InChI=1S/C18H15ClF3N7/c1-27-12-7-25-16(19)26-15(12)29(17(27)23)9-10-3-5-11(6-4-10)14-24-8-13(28(14)2)18(20,21)22/h3-8,23H,9H2,1-2H3. The molecule has 3 aromatic heterocycles. The van der Waals surface area contributed by atoms with E-state index in [2.05, 4.69) is 15.0 Å². The Hall–Kier alpha value is -3.14. The summed E-state index contributed by atoms with van der Waals surface area (Å²) in [7, 11) is 3.07. The Morgan fingerprint density at radius 3 is 2.34 bits per heavy atom. The van der Waals surface area contributed by atoms with Gasteiger partial charge in [0, 0.05) is 19.7 Å². The Morgan fingerprint density at radius 1 is 1.03 bits per heavy atom. The minimum atomic E-state index is -4.46. The monoisotopic (exact) mass is 421 g/mol. The van der Waals surface area contributed by atoms with Crippen LogP contribution in [0.1, 0.15) is 11.3 Å². The van der Waals surface area contributed by atoms with E-state index in [4.69, 9.17) is 17.0 Å². The summed E-state index contributed by atoms with van der Waals surface area (Å²) in [4.78, 5) is 12.1. The first-order chi connectivity index (χ1) is 13.7. The van der Waals surface area contributed by atoms with Crippen LogP contribution in [0.15, 0.2) is 36.7 Å². The van der Waals surface area contributed by atoms with Crippen molar-refractivity contribution in [3.8, 4) is 11.4 Å². The summed E-state index contributed by atoms with van der Waals surface area (Å²) < 4.78 is 43.3. The molecular weight excluding hydrogens is 407 g/mol. The fraction of sp³-hybridized carbons (Fsp3) is 0.222. The molecular formula is C18H15ClF3N7. The molecule has 0 fully saturated rings. The Kier molecular flexibility index (Phi) is 4.45. The second kappa shape index (κ2) is 6.73. The largest absolute Gasteiger partial charge is 0.433 e. The molecule has 0 aliphatic rings. The van der Waals surface area contributed by atoms with E-state index in [9.17, 15) is 13.2 Å². The van der Waals surface area contributed by atoms with Crippen molar-refractivity contribution in [2.75, 3.05) is 0 Å². The molecule has 0 saturated carbocycles. The van der Waals surface area contributed by atoms with Gasteiger partial charge in [0.05, 0.1) is 18.9 Å². The van der Waals surface area contributed by atoms with Gasteiger partial charge >= 0.3 is 6.18 Å². The molecule has 0 saturated heterocycles. The van der Waals surface area contributed by atoms with Gasteiger partial charge in [-0.1, -0.05) is 24.3 Å². The summed E-state index contributed by atoms with van der Waals surface area (Å²) in [6.45, 7) is 0.345. The van der Waals surface area contributed by atoms with Gasteiger partial charge < -0.3 is 9.13 Å². The Labute approximate surface area is 167 Å². The normalized spacial score (nSPS) is 12.1. The van der Waals surface area contributed by atoms with Crippen molar-refractivity contribution >= 4 is 22.8 Å². The number of aromatic nitrogens is 6. The molecule has 0 aliphatic carbocycles. The second-order valence-corrected chi connectivity index (χ2v) is 6.88. The lowest BCUT2D eigenvalue weighted by molar-refractivity contribution is -0.143. The van der Waals surface area contributed by atoms with E-state index in [-0.39, 0.29) is 16.7 Å². The molecule has 11 heteroatoms. The first-order valence-corrected chi connectivity index (χ1v) is 8.85. The lowest BCUT2D eigenvalue weighted by Crippen LogP contribution is -2.23. The number of fused-ring (bicyclic) bond motifs is 1. The number of nitrogens with one attached hydrogen (secondary N) is 1. The Balaban J connectivity index is 1.68. The maximum absolute atomic E-state index is 13.0. The molecule has 7 nitrogen and oxygen atoms in total. The predicted molar refractivity (Wildman–Crippen MR) is 100 cm³/mol. The molecule has 0 bridgehead atoms. The fourth-order valence-corrected chi connectivity index (χ4v) is 3.34. The summed E-state index contributed by atoms with van der Waals surface area (Å²) in [6.07, 6.45) is -2.08. The van der Waals surface area contributed by atoms with E-state index in [1.165, 1.54) is 7.05 Å². The van der Waals surface area contributed by atoms with Crippen molar-refractivity contribution in [2.24, 2.45) is 14.1 Å². The van der Waals surface area contributed by atoms with Crippen LogP contribution >= 0.6 is 11.6 Å². The van der Waals surface area contributed by atoms with Crippen molar-refractivity contribution in [1.82, 2.24) is 28.7 Å². The Morgan fingerprint density at radius 2 is 1.72 bits per heavy atom. The number of aryl methyl sites for hydroxylation is 1. The van der Waals surface area contributed by atoms with Crippen LogP contribution in [0.3, 0.4) is 0 Å². The zero-order valence-corrected chi connectivity index (χ0v) is 16.1. The second-order valence-electron chi connectivity index (χ2n) is 6.54. The Bertz CT molecular complexity index is 1270. The molecule has 1 N–H and O–H groups in total. The molecule has 0 unspecified atom stereocenters. The average Bonchev–Trinajstić information content (AvgIpc) is 3.16. The van der Waals surface area contributed by atoms with E-state index >= 15 is 0 Å². The first kappa shape index (κ1) is 19.2. The first-order valence-electron chi connectivity index (χ1n) is 8.47. The van der Waals surface area contributed by atoms with E-state index in [1.54, 1.807) is 46.6 Å². The maximum Gasteiger partial charge on any atom is 0.433 e. The number of rotatable bonds is 3. The van der Waals surface area contributed by atoms with Gasteiger partial charge in [-0.05, 0) is 17.2 Å². The van der Waals surface area contributed by atoms with Gasteiger partial charge in [0.15, 0.2) is 5.65 Å². The fourth-order valence-electron chi connectivity index (χ4n) is 3.21. The van der Waals surface area contributed by atoms with E-state index in [0.29, 0.717) is 23.3 Å². The predicted octanol–water partition coefficient (Wildman–Crippen LogP) is 3.37. The summed E-state index contributed by atoms with van der Waals surface area (Å²) in [5, 5.41) is 8.39. The summed E-state index contributed by atoms with van der Waals surface area (Å²) >= 11 is 5.90. The van der Waals surface area contributed by atoms with Crippen LogP contribution in [0.5, 0.6) is 0 Å². The zero-order chi connectivity index (χ0) is 20.9. The van der Waals surface area contributed by atoms with Crippen LogP contribution in [0.4, 0.5) is 13.2 Å². The molecule has 0 atom stereocenters. The summed E-state index contributed by atoms with van der Waals surface area (Å²) in [5.41, 5.74) is 2.02. The average molecular weight is 422 g/mol. The van der Waals surface area contributed by atoms with E-state index in [0.717, 1.165) is 16.3 Å². The van der Waals surface area contributed by atoms with Crippen LogP contribution in [-0.4, -0.2) is 28.7 Å². The summed E-state index contributed by atoms with van der Waals surface area (Å²) in [5.74, 6) is 0.224. The third-order valence-electron chi connectivity index (χ3n) is 4.74. The van der Waals surface area contributed by atoms with E-state index in [1.807, 2.05) is 0 Å². The molecule has 4 aromatic rings. The van der Waals surface area contributed by atoms with Crippen LogP contribution in [0, 0.1) is 5.41 Å². The van der Waals surface area contributed by atoms with Crippen LogP contribution in [-0.2, 0) is 26.8 Å². The molecule has 0 radical (unpaired) electrons. The number of benzene rings is 1. The van der Waals surface area contributed by atoms with E-state index < -0.39 is 11.9 Å². The highest BCUT2D eigenvalue weighted by Gasteiger charge is 2.35. The molecule has 4 rings (SSSR count). The highest BCUT2D eigenvalue weighted by atomic mass is 35.5. The molecule has 3 heterocycles. The highest BCUT2D eigenvalue weighted by molar-refractivity contribution is 6.28. The minimum Gasteiger partial charge on any atom is -0.324 e. The number of halogens is 4. The summed E-state index contributed by atoms with van der Waals surface area (Å²) in [6, 6.07) is 6.97.